The van der Waals surface area contributed by atoms with E-state index in [1.54, 1.807) is 14.2 Å². The Bertz CT molecular complexity index is 748. The lowest BCUT2D eigenvalue weighted by Gasteiger charge is -2.38. The number of carbonyl (C=O) groups is 2. The van der Waals surface area contributed by atoms with E-state index in [4.69, 9.17) is 31.9 Å². The normalized spacial score (nSPS) is 19.3. The quantitative estimate of drug-likeness (QED) is 0.396. The number of nitrogen functional groups attached to an aromatic ring is 1. The van der Waals surface area contributed by atoms with Crippen LogP contribution in [0.4, 0.5) is 10.5 Å². The second kappa shape index (κ2) is 11.2. The number of benzene rings is 1. The topological polar surface area (TPSA) is 117 Å². The van der Waals surface area contributed by atoms with Crippen molar-refractivity contribution in [1.82, 2.24) is 15.1 Å². The van der Waals surface area contributed by atoms with E-state index in [0.29, 0.717) is 35.1 Å². The molecule has 0 aromatic heterocycles. The van der Waals surface area contributed by atoms with Crippen molar-refractivity contribution in [3.05, 3.63) is 22.7 Å². The Balaban J connectivity index is 1.89. The van der Waals surface area contributed by atoms with Crippen LogP contribution in [0.1, 0.15) is 29.6 Å². The van der Waals surface area contributed by atoms with Crippen molar-refractivity contribution in [2.24, 2.45) is 0 Å². The van der Waals surface area contributed by atoms with Crippen molar-refractivity contribution in [3.63, 3.8) is 0 Å². The van der Waals surface area contributed by atoms with Crippen molar-refractivity contribution in [1.29, 1.82) is 0 Å². The highest BCUT2D eigenvalue weighted by molar-refractivity contribution is 6.33. The minimum absolute atomic E-state index is 0.141. The number of hydrogen-bond acceptors (Lipinski definition) is 6. The molecule has 2 atom stereocenters. The zero-order valence-electron chi connectivity index (χ0n) is 17.7. The summed E-state index contributed by atoms with van der Waals surface area (Å²) < 4.78 is 10.9. The Kier molecular flexibility index (Phi) is 9.01. The van der Waals surface area contributed by atoms with Gasteiger partial charge in [-0.25, -0.2) is 4.79 Å². The van der Waals surface area contributed by atoms with Crippen LogP contribution in [0.5, 0.6) is 5.75 Å². The van der Waals surface area contributed by atoms with Crippen LogP contribution in [-0.4, -0.2) is 86.5 Å². The molecule has 1 aliphatic heterocycles. The molecule has 30 heavy (non-hydrogen) atoms. The standard InChI is InChI=1S/C20H31ClN4O5/c1-24(20(27)28)7-4-5-8-25-9-6-16(18(12-25)30-3)23-19(26)13-10-14(21)15(22)11-17(13)29-2/h10-11,16,18H,4-9,12,22H2,1-3H3,(H,23,26)(H,27,28)/t16-,18+/m1/s1. The fraction of sp³-hybridized carbons (Fsp3) is 0.600. The summed E-state index contributed by atoms with van der Waals surface area (Å²) in [6.45, 7) is 2.88. The van der Waals surface area contributed by atoms with E-state index in [9.17, 15) is 9.59 Å². The van der Waals surface area contributed by atoms with Crippen LogP contribution in [0, 0.1) is 0 Å². The average Bonchev–Trinajstić information content (AvgIpc) is 2.73. The molecule has 0 aliphatic carbocycles. The Morgan fingerprint density at radius 3 is 2.73 bits per heavy atom. The molecule has 1 heterocycles. The molecule has 1 aromatic carbocycles. The molecule has 2 rings (SSSR count). The van der Waals surface area contributed by atoms with Crippen LogP contribution in [0.2, 0.25) is 5.02 Å². The molecular formula is C20H31ClN4O5. The number of amides is 2. The number of nitrogens with one attached hydrogen (secondary N) is 1. The Morgan fingerprint density at radius 1 is 1.37 bits per heavy atom. The lowest BCUT2D eigenvalue weighted by molar-refractivity contribution is 0.00588. The van der Waals surface area contributed by atoms with Crippen LogP contribution in [0.15, 0.2) is 12.1 Å². The van der Waals surface area contributed by atoms with Gasteiger partial charge in [-0.15, -0.1) is 0 Å². The van der Waals surface area contributed by atoms with Gasteiger partial charge in [0.25, 0.3) is 5.91 Å². The van der Waals surface area contributed by atoms with Gasteiger partial charge in [-0.3, -0.25) is 4.79 Å². The summed E-state index contributed by atoms with van der Waals surface area (Å²) in [5, 5.41) is 12.2. The number of halogens is 1. The zero-order chi connectivity index (χ0) is 22.3. The van der Waals surface area contributed by atoms with E-state index >= 15 is 0 Å². The number of carboxylic acid groups (broad SMARTS) is 1. The molecule has 0 radical (unpaired) electrons. The number of hydrogen-bond donors (Lipinski definition) is 3. The number of ether oxygens (including phenoxy) is 2. The van der Waals surface area contributed by atoms with E-state index in [1.165, 1.54) is 24.1 Å². The summed E-state index contributed by atoms with van der Waals surface area (Å²) in [5.41, 5.74) is 6.47. The van der Waals surface area contributed by atoms with Crippen LogP contribution in [-0.2, 0) is 4.74 Å². The molecule has 0 bridgehead atoms. The minimum Gasteiger partial charge on any atom is -0.496 e. The number of nitrogens with zero attached hydrogens (tertiary/aromatic N) is 2. The lowest BCUT2D eigenvalue weighted by atomic mass is 10.0. The summed E-state index contributed by atoms with van der Waals surface area (Å²) in [7, 11) is 4.68. The molecule has 168 valence electrons. The summed E-state index contributed by atoms with van der Waals surface area (Å²) in [4.78, 5) is 27.2. The number of carbonyl (C=O) groups excluding carboxylic acids is 1. The number of anilines is 1. The molecule has 0 saturated carbocycles. The second-order valence-corrected chi connectivity index (χ2v) is 7.84. The Hall–Kier alpha value is -2.23. The molecular weight excluding hydrogens is 412 g/mol. The van der Waals surface area contributed by atoms with Gasteiger partial charge < -0.3 is 35.4 Å². The molecule has 2 amide bonds. The van der Waals surface area contributed by atoms with Crippen molar-refractivity contribution in [2.45, 2.75) is 31.4 Å². The van der Waals surface area contributed by atoms with Crippen LogP contribution in [0.3, 0.4) is 0 Å². The van der Waals surface area contributed by atoms with E-state index < -0.39 is 6.09 Å². The van der Waals surface area contributed by atoms with Crippen molar-refractivity contribution in [2.75, 3.05) is 53.2 Å². The first-order valence-corrected chi connectivity index (χ1v) is 10.3. The first kappa shape index (κ1) is 24.0. The van der Waals surface area contributed by atoms with Gasteiger partial charge in [-0.2, -0.15) is 0 Å². The SMILES string of the molecule is COc1cc(N)c(Cl)cc1C(=O)N[C@@H]1CCN(CCCCN(C)C(=O)O)C[C@@H]1OC. The lowest BCUT2D eigenvalue weighted by Crippen LogP contribution is -2.55. The van der Waals surface area contributed by atoms with Gasteiger partial charge in [-0.1, -0.05) is 11.6 Å². The summed E-state index contributed by atoms with van der Waals surface area (Å²) in [6, 6.07) is 2.91. The van der Waals surface area contributed by atoms with Crippen molar-refractivity contribution >= 4 is 29.3 Å². The molecule has 4 N–H and O–H groups in total. The maximum Gasteiger partial charge on any atom is 0.407 e. The van der Waals surface area contributed by atoms with Gasteiger partial charge in [0.2, 0.25) is 0 Å². The highest BCUT2D eigenvalue weighted by atomic mass is 35.5. The number of rotatable bonds is 9. The first-order valence-electron chi connectivity index (χ1n) is 9.89. The monoisotopic (exact) mass is 442 g/mol. The third-order valence-corrected chi connectivity index (χ3v) is 5.70. The largest absolute Gasteiger partial charge is 0.496 e. The van der Waals surface area contributed by atoms with Gasteiger partial charge in [0.15, 0.2) is 0 Å². The summed E-state index contributed by atoms with van der Waals surface area (Å²) in [6.07, 6.45) is 1.37. The zero-order valence-corrected chi connectivity index (χ0v) is 18.4. The third-order valence-electron chi connectivity index (χ3n) is 5.37. The maximum absolute atomic E-state index is 12.8. The Morgan fingerprint density at radius 2 is 2.10 bits per heavy atom. The van der Waals surface area contributed by atoms with E-state index in [-0.39, 0.29) is 18.1 Å². The van der Waals surface area contributed by atoms with Gasteiger partial charge in [0, 0.05) is 39.9 Å². The predicted molar refractivity (Wildman–Crippen MR) is 115 cm³/mol. The number of likely N-dealkylation sites (tertiary alicyclic amines) is 1. The molecule has 1 aliphatic rings. The number of piperidine rings is 1. The molecule has 0 unspecified atom stereocenters. The molecule has 1 aromatic rings. The smallest absolute Gasteiger partial charge is 0.407 e. The van der Waals surface area contributed by atoms with Crippen molar-refractivity contribution in [3.8, 4) is 5.75 Å². The highest BCUT2D eigenvalue weighted by Crippen LogP contribution is 2.29. The minimum atomic E-state index is -0.912. The second-order valence-electron chi connectivity index (χ2n) is 7.43. The third kappa shape index (κ3) is 6.38. The number of nitrogens with two attached hydrogens (primary N) is 1. The highest BCUT2D eigenvalue weighted by Gasteiger charge is 2.31. The van der Waals surface area contributed by atoms with Crippen molar-refractivity contribution < 1.29 is 24.2 Å². The number of unbranched alkanes of at least 4 members (excludes halogenated alkanes) is 1. The maximum atomic E-state index is 12.8. The van der Waals surface area contributed by atoms with E-state index in [0.717, 1.165) is 32.4 Å². The van der Waals surface area contributed by atoms with Gasteiger partial charge >= 0.3 is 6.09 Å². The van der Waals surface area contributed by atoms with Gasteiger partial charge in [0.05, 0.1) is 35.5 Å². The van der Waals surface area contributed by atoms with E-state index in [2.05, 4.69) is 10.2 Å². The van der Waals surface area contributed by atoms with Crippen LogP contribution < -0.4 is 15.8 Å². The molecule has 0 spiro atoms. The predicted octanol–water partition coefficient (Wildman–Crippen LogP) is 2.14. The Labute approximate surface area is 182 Å². The fourth-order valence-electron chi connectivity index (χ4n) is 3.53. The van der Waals surface area contributed by atoms with Gasteiger partial charge in [0.1, 0.15) is 5.75 Å². The first-order chi connectivity index (χ1) is 14.3. The fourth-order valence-corrected chi connectivity index (χ4v) is 3.69. The van der Waals surface area contributed by atoms with Crippen LogP contribution >= 0.6 is 11.6 Å². The van der Waals surface area contributed by atoms with Crippen LogP contribution in [0.25, 0.3) is 0 Å². The molecule has 1 fully saturated rings. The summed E-state index contributed by atoms with van der Waals surface area (Å²) in [5.74, 6) is 0.0816. The molecule has 1 saturated heterocycles. The average molecular weight is 443 g/mol. The molecule has 9 nitrogen and oxygen atoms in total. The molecule has 10 heteroatoms. The van der Waals surface area contributed by atoms with E-state index in [1.807, 2.05) is 0 Å². The van der Waals surface area contributed by atoms with Gasteiger partial charge in [-0.05, 0) is 31.9 Å². The summed E-state index contributed by atoms with van der Waals surface area (Å²) >= 11 is 6.07. The number of methoxy groups -OCH3 is 2.